The Morgan fingerprint density at radius 2 is 1.17 bits per heavy atom. The lowest BCUT2D eigenvalue weighted by atomic mass is 9.64. The Balaban J connectivity index is 2.83. The third-order valence-corrected chi connectivity index (χ3v) is 4.24. The van der Waals surface area contributed by atoms with Gasteiger partial charge in [-0.25, -0.2) is 0 Å². The molecule has 82 valence electrons. The van der Waals surface area contributed by atoms with Gasteiger partial charge in [0.05, 0.1) is 0 Å². The van der Waals surface area contributed by atoms with Crippen LogP contribution in [0.5, 0.6) is 0 Å². The second-order valence-corrected chi connectivity index (χ2v) is 5.38. The van der Waals surface area contributed by atoms with Gasteiger partial charge in [-0.05, 0) is 11.1 Å². The van der Waals surface area contributed by atoms with Crippen molar-refractivity contribution in [3.8, 4) is 11.1 Å². The summed E-state index contributed by atoms with van der Waals surface area (Å²) in [6, 6.07) is 8.89. The van der Waals surface area contributed by atoms with Gasteiger partial charge in [0.2, 0.25) is 0 Å². The number of rotatable bonds is 1. The second kappa shape index (κ2) is 4.84. The van der Waals surface area contributed by atoms with E-state index in [9.17, 15) is 0 Å². The summed E-state index contributed by atoms with van der Waals surface area (Å²) >= 11 is 0. The molecule has 0 saturated carbocycles. The minimum Gasteiger partial charge on any atom is -0.0951 e. The molecule has 0 unspecified atom stereocenters. The first-order valence-corrected chi connectivity index (χ1v) is 6.57. The molecule has 0 bridgehead atoms. The van der Waals surface area contributed by atoms with Gasteiger partial charge >= 0.3 is 0 Å². The molecule has 0 saturated heterocycles. The Morgan fingerprint density at radius 1 is 0.611 bits per heavy atom. The van der Waals surface area contributed by atoms with E-state index in [1.165, 1.54) is 43.9 Å². The molecule has 2 aromatic carbocycles. The maximum Gasteiger partial charge on any atom is 0.139 e. The molecule has 0 amide bonds. The van der Waals surface area contributed by atoms with Gasteiger partial charge in [0.1, 0.15) is 47.1 Å². The van der Waals surface area contributed by atoms with Crippen LogP contribution in [0, 0.1) is 0 Å². The lowest BCUT2D eigenvalue weighted by Gasteiger charge is -2.19. The zero-order valence-corrected chi connectivity index (χ0v) is 12.3. The van der Waals surface area contributed by atoms with Gasteiger partial charge in [-0.1, -0.05) is 57.0 Å². The van der Waals surface area contributed by atoms with Crippen molar-refractivity contribution in [2.75, 3.05) is 0 Å². The van der Waals surface area contributed by atoms with E-state index >= 15 is 0 Å². The molecule has 0 aromatic heterocycles. The number of benzene rings is 2. The van der Waals surface area contributed by atoms with Gasteiger partial charge in [-0.3, -0.25) is 0 Å². The van der Waals surface area contributed by atoms with Crippen molar-refractivity contribution < 1.29 is 0 Å². The third kappa shape index (κ3) is 2.09. The summed E-state index contributed by atoms with van der Waals surface area (Å²) in [5, 5.41) is 0. The van der Waals surface area contributed by atoms with Crippen LogP contribution in [0.25, 0.3) is 11.1 Å². The summed E-state index contributed by atoms with van der Waals surface area (Å²) in [6.45, 7) is 0. The van der Waals surface area contributed by atoms with Gasteiger partial charge in [0.15, 0.2) is 0 Å². The third-order valence-electron chi connectivity index (χ3n) is 4.24. The summed E-state index contributed by atoms with van der Waals surface area (Å²) in [7, 11) is 13.3. The Morgan fingerprint density at radius 3 is 1.72 bits per heavy atom. The highest BCUT2D eigenvalue weighted by Gasteiger charge is 2.11. The molecule has 18 heavy (non-hydrogen) atoms. The molecule has 0 nitrogen and oxygen atoms in total. The predicted octanol–water partition coefficient (Wildman–Crippen LogP) is -7.10. The number of hydrogen-bond donors (Lipinski definition) is 0. The van der Waals surface area contributed by atoms with Gasteiger partial charge < -0.3 is 0 Å². The maximum atomic E-state index is 2.29. The molecule has 0 fully saturated rings. The summed E-state index contributed by atoms with van der Waals surface area (Å²) in [6.07, 6.45) is 0. The average molecular weight is 225 g/mol. The molecule has 0 spiro atoms. The predicted molar refractivity (Wildman–Crippen MR) is 101 cm³/mol. The van der Waals surface area contributed by atoms with Gasteiger partial charge in [-0.2, -0.15) is 0 Å². The summed E-state index contributed by atoms with van der Waals surface area (Å²) in [5.74, 6) is 0. The van der Waals surface area contributed by atoms with Crippen LogP contribution in [-0.2, 0) is 0 Å². The van der Waals surface area contributed by atoms with Crippen LogP contribution in [0.4, 0.5) is 0 Å². The zero-order chi connectivity index (χ0) is 13.4. The molecule has 0 aliphatic carbocycles. The van der Waals surface area contributed by atoms with E-state index < -0.39 is 0 Å². The van der Waals surface area contributed by atoms with Crippen LogP contribution in [0.1, 0.15) is 0 Å². The van der Waals surface area contributed by atoms with Crippen LogP contribution in [0.3, 0.4) is 0 Å². The standard InChI is InChI=1S/C12H16B6/c13-6-3-1-2-5(10(6)16)9-11(17)7(14)4-8(15)12(9)18/h1-4H,13-18H2. The summed E-state index contributed by atoms with van der Waals surface area (Å²) in [5.41, 5.74) is 11.2. The molecule has 2 aromatic rings. The quantitative estimate of drug-likeness (QED) is 0.423. The lowest BCUT2D eigenvalue weighted by Crippen LogP contribution is -2.43. The van der Waals surface area contributed by atoms with Crippen LogP contribution in [0.2, 0.25) is 0 Å². The van der Waals surface area contributed by atoms with Crippen molar-refractivity contribution in [1.29, 1.82) is 0 Å². The van der Waals surface area contributed by atoms with Crippen molar-refractivity contribution in [3.63, 3.8) is 0 Å². The van der Waals surface area contributed by atoms with Crippen molar-refractivity contribution >= 4 is 79.9 Å². The highest BCUT2D eigenvalue weighted by molar-refractivity contribution is 6.60. The topological polar surface area (TPSA) is 0 Å². The van der Waals surface area contributed by atoms with Gasteiger partial charge in [0.25, 0.3) is 0 Å². The number of hydrogen-bond acceptors (Lipinski definition) is 0. The molecule has 0 aliphatic rings. The van der Waals surface area contributed by atoms with Crippen LogP contribution in [-0.4, -0.2) is 47.1 Å². The molecule has 0 atom stereocenters. The van der Waals surface area contributed by atoms with Crippen molar-refractivity contribution in [3.05, 3.63) is 24.3 Å². The van der Waals surface area contributed by atoms with Crippen molar-refractivity contribution in [1.82, 2.24) is 0 Å². The fourth-order valence-electron chi connectivity index (χ4n) is 2.64. The van der Waals surface area contributed by atoms with E-state index in [2.05, 4.69) is 71.3 Å². The van der Waals surface area contributed by atoms with E-state index in [4.69, 9.17) is 0 Å². The normalized spacial score (nSPS) is 10.4. The molecule has 0 heterocycles. The van der Waals surface area contributed by atoms with Gasteiger partial charge in [0, 0.05) is 0 Å². The molecule has 0 radical (unpaired) electrons. The first-order valence-electron chi connectivity index (χ1n) is 6.57. The smallest absolute Gasteiger partial charge is 0.0951 e. The molecule has 0 N–H and O–H groups in total. The fourth-order valence-corrected chi connectivity index (χ4v) is 2.64. The van der Waals surface area contributed by atoms with E-state index in [-0.39, 0.29) is 0 Å². The van der Waals surface area contributed by atoms with Crippen LogP contribution >= 0.6 is 0 Å². The van der Waals surface area contributed by atoms with Gasteiger partial charge in [-0.15, -0.1) is 0 Å². The summed E-state index contributed by atoms with van der Waals surface area (Å²) in [4.78, 5) is 0. The SMILES string of the molecule is Bc1cccc(-c2c(B)c(B)cc(B)c2B)c1B. The molecule has 0 aliphatic heterocycles. The highest BCUT2D eigenvalue weighted by atomic mass is 14.1. The average Bonchev–Trinajstić information content (AvgIpc) is 2.32. The minimum absolute atomic E-state index is 1.37. The van der Waals surface area contributed by atoms with E-state index in [1.807, 2.05) is 0 Å². The molecule has 6 heteroatoms. The molecular formula is C12H16B6. The fraction of sp³-hybridized carbons (Fsp3) is 0. The lowest BCUT2D eigenvalue weighted by molar-refractivity contribution is 1.77. The Hall–Kier alpha value is -1.17. The van der Waals surface area contributed by atoms with Crippen LogP contribution in [0.15, 0.2) is 24.3 Å². The summed E-state index contributed by atoms with van der Waals surface area (Å²) < 4.78 is 0. The largest absolute Gasteiger partial charge is 0.139 e. The van der Waals surface area contributed by atoms with E-state index in [1.54, 1.807) is 0 Å². The highest BCUT2D eigenvalue weighted by Crippen LogP contribution is 2.08. The van der Waals surface area contributed by atoms with Crippen molar-refractivity contribution in [2.24, 2.45) is 0 Å². The van der Waals surface area contributed by atoms with E-state index in [0.29, 0.717) is 0 Å². The monoisotopic (exact) mass is 226 g/mol. The second-order valence-electron chi connectivity index (χ2n) is 5.38. The van der Waals surface area contributed by atoms with E-state index in [0.717, 1.165) is 0 Å². The van der Waals surface area contributed by atoms with Crippen molar-refractivity contribution in [2.45, 2.75) is 0 Å². The first-order chi connectivity index (χ1) is 8.43. The zero-order valence-electron chi connectivity index (χ0n) is 12.3. The molecular weight excluding hydrogens is 209 g/mol. The molecule has 2 rings (SSSR count). The Labute approximate surface area is 115 Å². The minimum atomic E-state index is 1.37. The van der Waals surface area contributed by atoms with Crippen LogP contribution < -0.4 is 32.8 Å². The maximum absolute atomic E-state index is 2.29. The Bertz CT molecular complexity index is 594. The Kier molecular flexibility index (Phi) is 3.56. The first kappa shape index (κ1) is 13.3.